The van der Waals surface area contributed by atoms with Crippen molar-refractivity contribution in [2.75, 3.05) is 33.2 Å². The average Bonchev–Trinajstić information content (AvgIpc) is 2.80. The minimum atomic E-state index is -0.182. The highest BCUT2D eigenvalue weighted by Crippen LogP contribution is 2.12. The van der Waals surface area contributed by atoms with E-state index < -0.39 is 0 Å². The third-order valence-electron chi connectivity index (χ3n) is 5.66. The van der Waals surface area contributed by atoms with Crippen LogP contribution >= 0.6 is 11.6 Å². The second-order valence-electron chi connectivity index (χ2n) is 8.16. The van der Waals surface area contributed by atoms with Crippen LogP contribution < -0.4 is 10.3 Å². The molecule has 0 saturated carbocycles. The summed E-state index contributed by atoms with van der Waals surface area (Å²) in [4.78, 5) is 21.4. The molecule has 4 rings (SSSR count). The van der Waals surface area contributed by atoms with Crippen LogP contribution in [0, 0.1) is 0 Å². The molecule has 0 atom stereocenters. The Kier molecular flexibility index (Phi) is 7.52. The molecule has 1 aliphatic rings. The molecule has 0 N–H and O–H groups in total. The van der Waals surface area contributed by atoms with E-state index >= 15 is 0 Å². The number of likely N-dealkylation sites (N-methyl/N-ethyl adjacent to an activating group) is 1. The number of hydrogen-bond donors (Lipinski definition) is 0. The van der Waals surface area contributed by atoms with E-state index in [-0.39, 0.29) is 12.2 Å². The number of ether oxygens (including phenoxy) is 1. The molecule has 1 fully saturated rings. The summed E-state index contributed by atoms with van der Waals surface area (Å²) in [5.74, 6) is 0.427. The van der Waals surface area contributed by atoms with Crippen molar-refractivity contribution < 1.29 is 4.74 Å². The zero-order valence-electron chi connectivity index (χ0n) is 18.3. The number of hydrogen-bond acceptors (Lipinski definition) is 6. The van der Waals surface area contributed by atoms with Crippen molar-refractivity contribution in [3.8, 4) is 5.75 Å². The second kappa shape index (κ2) is 10.7. The maximum Gasteiger partial charge on any atom is 0.270 e. The number of halogens is 1. The SMILES string of the molecule is CN1CCN(Cc2ccc(CCn3ncc(OCc4ccc(Cl)cn4)cc3=O)cc2)CC1. The zero-order chi connectivity index (χ0) is 22.3. The van der Waals surface area contributed by atoms with Crippen molar-refractivity contribution in [2.24, 2.45) is 0 Å². The first-order chi connectivity index (χ1) is 15.5. The fourth-order valence-electron chi connectivity index (χ4n) is 3.62. The lowest BCUT2D eigenvalue weighted by atomic mass is 10.1. The lowest BCUT2D eigenvalue weighted by Crippen LogP contribution is -2.43. The van der Waals surface area contributed by atoms with Crippen LogP contribution in [0.5, 0.6) is 5.75 Å². The van der Waals surface area contributed by atoms with Gasteiger partial charge in [-0.05, 0) is 36.7 Å². The molecule has 3 aromatic rings. The van der Waals surface area contributed by atoms with Crippen molar-refractivity contribution in [3.05, 3.63) is 87.1 Å². The maximum atomic E-state index is 12.4. The molecule has 7 nitrogen and oxygen atoms in total. The van der Waals surface area contributed by atoms with Crippen LogP contribution in [0.2, 0.25) is 5.02 Å². The quantitative estimate of drug-likeness (QED) is 0.522. The van der Waals surface area contributed by atoms with Crippen LogP contribution in [0.1, 0.15) is 16.8 Å². The topological polar surface area (TPSA) is 63.5 Å². The van der Waals surface area contributed by atoms with Crippen LogP contribution in [0.15, 0.2) is 59.7 Å². The zero-order valence-corrected chi connectivity index (χ0v) is 19.0. The number of rotatable bonds is 8. The van der Waals surface area contributed by atoms with E-state index in [1.165, 1.54) is 21.9 Å². The van der Waals surface area contributed by atoms with Crippen molar-refractivity contribution in [2.45, 2.75) is 26.1 Å². The maximum absolute atomic E-state index is 12.4. The van der Waals surface area contributed by atoms with E-state index in [9.17, 15) is 4.79 Å². The minimum Gasteiger partial charge on any atom is -0.485 e. The number of nitrogens with zero attached hydrogens (tertiary/aromatic N) is 5. The molecular weight excluding hydrogens is 426 g/mol. The van der Waals surface area contributed by atoms with Gasteiger partial charge >= 0.3 is 0 Å². The summed E-state index contributed by atoms with van der Waals surface area (Å²) >= 11 is 5.83. The van der Waals surface area contributed by atoms with Gasteiger partial charge in [-0.2, -0.15) is 5.10 Å². The Labute approximate surface area is 193 Å². The van der Waals surface area contributed by atoms with Crippen molar-refractivity contribution in [1.29, 1.82) is 0 Å². The van der Waals surface area contributed by atoms with Gasteiger partial charge in [-0.25, -0.2) is 4.68 Å². The van der Waals surface area contributed by atoms with Crippen LogP contribution in [-0.4, -0.2) is 57.8 Å². The van der Waals surface area contributed by atoms with E-state index in [1.54, 1.807) is 24.5 Å². The van der Waals surface area contributed by atoms with Gasteiger partial charge in [0, 0.05) is 51.5 Å². The summed E-state index contributed by atoms with van der Waals surface area (Å²) in [6, 6.07) is 13.7. The van der Waals surface area contributed by atoms with Crippen molar-refractivity contribution in [3.63, 3.8) is 0 Å². The third kappa shape index (κ3) is 6.38. The van der Waals surface area contributed by atoms with E-state index in [0.29, 0.717) is 17.3 Å². The lowest BCUT2D eigenvalue weighted by Gasteiger charge is -2.32. The van der Waals surface area contributed by atoms with E-state index in [4.69, 9.17) is 16.3 Å². The molecule has 0 spiro atoms. The predicted molar refractivity (Wildman–Crippen MR) is 125 cm³/mol. The smallest absolute Gasteiger partial charge is 0.270 e. The van der Waals surface area contributed by atoms with Gasteiger partial charge < -0.3 is 9.64 Å². The number of pyridine rings is 1. The van der Waals surface area contributed by atoms with Gasteiger partial charge in [-0.1, -0.05) is 35.9 Å². The normalized spacial score (nSPS) is 15.1. The molecule has 168 valence electrons. The summed E-state index contributed by atoms with van der Waals surface area (Å²) in [7, 11) is 2.17. The molecule has 0 radical (unpaired) electrons. The second-order valence-corrected chi connectivity index (χ2v) is 8.59. The highest BCUT2D eigenvalue weighted by Gasteiger charge is 2.13. The number of piperazine rings is 1. The van der Waals surface area contributed by atoms with Crippen LogP contribution in [0.3, 0.4) is 0 Å². The van der Waals surface area contributed by atoms with Gasteiger partial charge in [0.15, 0.2) is 0 Å². The number of aromatic nitrogens is 3. The van der Waals surface area contributed by atoms with Gasteiger partial charge in [0.1, 0.15) is 12.4 Å². The highest BCUT2D eigenvalue weighted by atomic mass is 35.5. The van der Waals surface area contributed by atoms with Crippen molar-refractivity contribution >= 4 is 11.6 Å². The van der Waals surface area contributed by atoms with Gasteiger partial charge in [-0.15, -0.1) is 0 Å². The first kappa shape index (κ1) is 22.5. The van der Waals surface area contributed by atoms with Crippen molar-refractivity contribution in [1.82, 2.24) is 24.6 Å². The summed E-state index contributed by atoms with van der Waals surface area (Å²) in [6.07, 6.45) is 3.88. The summed E-state index contributed by atoms with van der Waals surface area (Å²) in [6.45, 7) is 6.25. The Hall–Kier alpha value is -2.74. The lowest BCUT2D eigenvalue weighted by molar-refractivity contribution is 0.148. The highest BCUT2D eigenvalue weighted by molar-refractivity contribution is 6.30. The predicted octanol–water partition coefficient (Wildman–Crippen LogP) is 2.86. The van der Waals surface area contributed by atoms with Gasteiger partial charge in [0.05, 0.1) is 16.9 Å². The van der Waals surface area contributed by atoms with E-state index in [0.717, 1.165) is 44.8 Å². The Morgan fingerprint density at radius 3 is 2.44 bits per heavy atom. The number of aryl methyl sites for hydroxylation is 2. The molecule has 1 saturated heterocycles. The molecule has 0 unspecified atom stereocenters. The Bertz CT molecular complexity index is 1060. The molecule has 1 aliphatic heterocycles. The first-order valence-electron chi connectivity index (χ1n) is 10.8. The molecular formula is C24H28ClN5O2. The van der Waals surface area contributed by atoms with Crippen LogP contribution in [-0.2, 0) is 26.1 Å². The molecule has 8 heteroatoms. The Balaban J connectivity index is 1.27. The van der Waals surface area contributed by atoms with Gasteiger partial charge in [0.25, 0.3) is 5.56 Å². The number of benzene rings is 1. The molecule has 32 heavy (non-hydrogen) atoms. The summed E-state index contributed by atoms with van der Waals surface area (Å²) in [5.41, 5.74) is 3.06. The fourth-order valence-corrected chi connectivity index (χ4v) is 3.74. The van der Waals surface area contributed by atoms with E-state index in [2.05, 4.69) is 51.2 Å². The largest absolute Gasteiger partial charge is 0.485 e. The standard InChI is InChI=1S/C24H28ClN5O2/c1-28-10-12-29(13-11-28)17-20-4-2-19(3-5-20)8-9-30-24(31)14-23(16-27-30)32-18-22-7-6-21(25)15-26-22/h2-7,14-16H,8-13,17-18H2,1H3. The molecule has 3 heterocycles. The average molecular weight is 454 g/mol. The monoisotopic (exact) mass is 453 g/mol. The fraction of sp³-hybridized carbons (Fsp3) is 0.375. The summed E-state index contributed by atoms with van der Waals surface area (Å²) in [5, 5.41) is 4.82. The minimum absolute atomic E-state index is 0.182. The van der Waals surface area contributed by atoms with Crippen LogP contribution in [0.4, 0.5) is 0 Å². The molecule has 2 aromatic heterocycles. The summed E-state index contributed by atoms with van der Waals surface area (Å²) < 4.78 is 7.09. The van der Waals surface area contributed by atoms with Gasteiger partial charge in [-0.3, -0.25) is 14.7 Å². The van der Waals surface area contributed by atoms with Crippen LogP contribution in [0.25, 0.3) is 0 Å². The molecule has 0 aliphatic carbocycles. The van der Waals surface area contributed by atoms with Gasteiger partial charge in [0.2, 0.25) is 0 Å². The van der Waals surface area contributed by atoms with E-state index in [1.807, 2.05) is 0 Å². The first-order valence-corrected chi connectivity index (χ1v) is 11.2. The Morgan fingerprint density at radius 2 is 1.75 bits per heavy atom. The Morgan fingerprint density at radius 1 is 1.00 bits per heavy atom. The molecule has 0 amide bonds. The molecule has 1 aromatic carbocycles. The third-order valence-corrected chi connectivity index (χ3v) is 5.88. The molecule has 0 bridgehead atoms.